The number of pyridine rings is 1. The van der Waals surface area contributed by atoms with Crippen molar-refractivity contribution in [2.45, 2.75) is 26.7 Å². The predicted octanol–water partition coefficient (Wildman–Crippen LogP) is 4.80. The molecule has 1 fully saturated rings. The van der Waals surface area contributed by atoms with Gasteiger partial charge in [-0.1, -0.05) is 40.2 Å². The number of halogens is 1. The van der Waals surface area contributed by atoms with Crippen LogP contribution in [0.3, 0.4) is 0 Å². The van der Waals surface area contributed by atoms with Crippen LogP contribution in [0.5, 0.6) is 0 Å². The quantitative estimate of drug-likeness (QED) is 0.605. The maximum atomic E-state index is 12.6. The lowest BCUT2D eigenvalue weighted by molar-refractivity contribution is -0.120. The molecule has 1 amide bonds. The van der Waals surface area contributed by atoms with Crippen molar-refractivity contribution in [1.82, 2.24) is 10.3 Å². The Bertz CT molecular complexity index is 1050. The molecule has 0 radical (unpaired) electrons. The van der Waals surface area contributed by atoms with E-state index >= 15 is 0 Å². The van der Waals surface area contributed by atoms with Crippen LogP contribution < -0.4 is 10.2 Å². The van der Waals surface area contributed by atoms with Crippen molar-refractivity contribution in [2.75, 3.05) is 24.5 Å². The fourth-order valence-corrected chi connectivity index (χ4v) is 4.61. The van der Waals surface area contributed by atoms with Gasteiger partial charge in [0.1, 0.15) is 0 Å². The van der Waals surface area contributed by atoms with Crippen LogP contribution in [-0.2, 0) is 11.2 Å². The summed E-state index contributed by atoms with van der Waals surface area (Å²) >= 11 is 3.54. The van der Waals surface area contributed by atoms with Crippen LogP contribution in [0.2, 0.25) is 0 Å². The summed E-state index contributed by atoms with van der Waals surface area (Å²) in [5, 5.41) is 4.28. The Kier molecular flexibility index (Phi) is 5.86. The Labute approximate surface area is 180 Å². The molecule has 2 aromatic carbocycles. The minimum absolute atomic E-state index is 0.0780. The fourth-order valence-electron chi connectivity index (χ4n) is 4.22. The van der Waals surface area contributed by atoms with Crippen molar-refractivity contribution < 1.29 is 4.79 Å². The highest BCUT2D eigenvalue weighted by Gasteiger charge is 2.23. The number of hydrogen-bond donors (Lipinski definition) is 1. The van der Waals surface area contributed by atoms with Crippen LogP contribution >= 0.6 is 15.9 Å². The number of fused-ring (bicyclic) bond motifs is 1. The predicted molar refractivity (Wildman–Crippen MR) is 122 cm³/mol. The molecule has 150 valence electrons. The van der Waals surface area contributed by atoms with Crippen LogP contribution in [0.25, 0.3) is 10.9 Å². The van der Waals surface area contributed by atoms with Gasteiger partial charge in [-0.25, -0.2) is 0 Å². The molecule has 0 saturated carbocycles. The lowest BCUT2D eigenvalue weighted by Crippen LogP contribution is -2.32. The third kappa shape index (κ3) is 4.45. The molecular formula is C24H26BrN3O. The Morgan fingerprint density at radius 2 is 2.03 bits per heavy atom. The van der Waals surface area contributed by atoms with E-state index in [4.69, 9.17) is 0 Å². The lowest BCUT2D eigenvalue weighted by Gasteiger charge is -2.19. The van der Waals surface area contributed by atoms with Crippen LogP contribution in [0.15, 0.2) is 53.0 Å². The first-order chi connectivity index (χ1) is 14.0. The van der Waals surface area contributed by atoms with E-state index in [1.165, 1.54) is 5.69 Å². The average Bonchev–Trinajstić information content (AvgIpc) is 3.19. The minimum atomic E-state index is 0.0780. The summed E-state index contributed by atoms with van der Waals surface area (Å²) < 4.78 is 1.10. The first-order valence-electron chi connectivity index (χ1n) is 10.1. The van der Waals surface area contributed by atoms with Gasteiger partial charge in [0.25, 0.3) is 0 Å². The van der Waals surface area contributed by atoms with E-state index in [1.54, 1.807) is 0 Å². The first kappa shape index (κ1) is 19.9. The van der Waals surface area contributed by atoms with Gasteiger partial charge in [-0.3, -0.25) is 9.78 Å². The van der Waals surface area contributed by atoms with Gasteiger partial charge in [0.05, 0.1) is 11.9 Å². The summed E-state index contributed by atoms with van der Waals surface area (Å²) in [4.78, 5) is 19.7. The second kappa shape index (κ2) is 8.54. The molecule has 0 aliphatic carbocycles. The highest BCUT2D eigenvalue weighted by Crippen LogP contribution is 2.26. The lowest BCUT2D eigenvalue weighted by atomic mass is 9.99. The first-order valence-corrected chi connectivity index (χ1v) is 10.9. The molecular weight excluding hydrogens is 426 g/mol. The number of amides is 1. The van der Waals surface area contributed by atoms with Crippen LogP contribution in [-0.4, -0.2) is 30.5 Å². The van der Waals surface area contributed by atoms with Gasteiger partial charge in [0, 0.05) is 40.9 Å². The topological polar surface area (TPSA) is 45.2 Å². The van der Waals surface area contributed by atoms with Crippen molar-refractivity contribution in [3.05, 3.63) is 69.8 Å². The largest absolute Gasteiger partial charge is 0.371 e. The van der Waals surface area contributed by atoms with Gasteiger partial charge in [0.2, 0.25) is 5.91 Å². The zero-order valence-corrected chi connectivity index (χ0v) is 18.5. The zero-order chi connectivity index (χ0) is 20.4. The molecule has 0 unspecified atom stereocenters. The molecule has 0 bridgehead atoms. The number of aromatic nitrogens is 1. The number of aryl methyl sites for hydroxylation is 2. The number of para-hydroxylation sites is 1. The summed E-state index contributed by atoms with van der Waals surface area (Å²) in [5.74, 6) is 0.559. The van der Waals surface area contributed by atoms with Crippen molar-refractivity contribution in [3.63, 3.8) is 0 Å². The Balaban J connectivity index is 1.36. The van der Waals surface area contributed by atoms with Gasteiger partial charge in [-0.2, -0.15) is 0 Å². The molecule has 2 heterocycles. The van der Waals surface area contributed by atoms with Crippen LogP contribution in [0, 0.1) is 19.8 Å². The van der Waals surface area contributed by atoms with E-state index in [0.29, 0.717) is 12.3 Å². The van der Waals surface area contributed by atoms with Crippen LogP contribution in [0.1, 0.15) is 23.2 Å². The molecule has 0 spiro atoms. The van der Waals surface area contributed by atoms with E-state index in [-0.39, 0.29) is 5.91 Å². The smallest absolute Gasteiger partial charge is 0.224 e. The van der Waals surface area contributed by atoms with Crippen molar-refractivity contribution in [2.24, 2.45) is 5.92 Å². The second-order valence-corrected chi connectivity index (χ2v) is 8.80. The Morgan fingerprint density at radius 1 is 1.21 bits per heavy atom. The highest BCUT2D eigenvalue weighted by atomic mass is 79.9. The van der Waals surface area contributed by atoms with Crippen LogP contribution in [0.4, 0.5) is 5.69 Å². The maximum absolute atomic E-state index is 12.6. The van der Waals surface area contributed by atoms with E-state index < -0.39 is 0 Å². The fraction of sp³-hybridized carbons (Fsp3) is 0.333. The maximum Gasteiger partial charge on any atom is 0.224 e. The third-order valence-corrected chi connectivity index (χ3v) is 6.36. The second-order valence-electron chi connectivity index (χ2n) is 7.88. The highest BCUT2D eigenvalue weighted by molar-refractivity contribution is 9.10. The number of benzene rings is 2. The van der Waals surface area contributed by atoms with Gasteiger partial charge in [-0.05, 0) is 61.6 Å². The number of carbonyl (C=O) groups excluding carboxylic acids is 1. The molecule has 1 aliphatic rings. The van der Waals surface area contributed by atoms with Crippen molar-refractivity contribution in [3.8, 4) is 0 Å². The van der Waals surface area contributed by atoms with Gasteiger partial charge < -0.3 is 10.2 Å². The SMILES string of the molecule is Cc1nc2ccccc2c(C)c1CC(=O)NC[C@@H]1CCN(c2cccc(Br)c2)C1. The average molecular weight is 452 g/mol. The van der Waals surface area contributed by atoms with E-state index in [0.717, 1.165) is 58.3 Å². The number of carbonyl (C=O) groups is 1. The van der Waals surface area contributed by atoms with Crippen molar-refractivity contribution in [1.29, 1.82) is 0 Å². The monoisotopic (exact) mass is 451 g/mol. The summed E-state index contributed by atoms with van der Waals surface area (Å²) in [6.07, 6.45) is 1.49. The van der Waals surface area contributed by atoms with E-state index in [9.17, 15) is 4.79 Å². The summed E-state index contributed by atoms with van der Waals surface area (Å²) in [6, 6.07) is 16.5. The number of anilines is 1. The number of rotatable bonds is 5. The molecule has 1 aromatic heterocycles. The van der Waals surface area contributed by atoms with Crippen molar-refractivity contribution >= 4 is 38.4 Å². The molecule has 4 rings (SSSR count). The van der Waals surface area contributed by atoms with Gasteiger partial charge in [0.15, 0.2) is 0 Å². The standard InChI is InChI=1S/C24H26BrN3O/c1-16-21-8-3-4-9-23(21)27-17(2)22(16)13-24(29)26-14-18-10-11-28(15-18)20-7-5-6-19(25)12-20/h3-9,12,18H,10-11,13-15H2,1-2H3,(H,26,29)/t18-/m0/s1. The van der Waals surface area contributed by atoms with Gasteiger partial charge in [-0.15, -0.1) is 0 Å². The number of hydrogen-bond acceptors (Lipinski definition) is 3. The molecule has 1 N–H and O–H groups in total. The molecule has 1 saturated heterocycles. The summed E-state index contributed by atoms with van der Waals surface area (Å²) in [6.45, 7) is 6.82. The molecule has 1 aliphatic heterocycles. The molecule has 1 atom stereocenters. The molecule has 5 heteroatoms. The normalized spacial score (nSPS) is 16.4. The third-order valence-electron chi connectivity index (χ3n) is 5.87. The molecule has 3 aromatic rings. The zero-order valence-electron chi connectivity index (χ0n) is 16.9. The minimum Gasteiger partial charge on any atom is -0.371 e. The Morgan fingerprint density at radius 3 is 2.86 bits per heavy atom. The number of nitrogens with one attached hydrogen (secondary N) is 1. The summed E-state index contributed by atoms with van der Waals surface area (Å²) in [5.41, 5.74) is 5.37. The Hall–Kier alpha value is -2.40. The van der Waals surface area contributed by atoms with E-state index in [2.05, 4.69) is 62.3 Å². The molecule has 29 heavy (non-hydrogen) atoms. The van der Waals surface area contributed by atoms with E-state index in [1.807, 2.05) is 31.2 Å². The summed E-state index contributed by atoms with van der Waals surface area (Å²) in [7, 11) is 0. The van der Waals surface area contributed by atoms with Gasteiger partial charge >= 0.3 is 0 Å². The number of nitrogens with zero attached hydrogens (tertiary/aromatic N) is 2. The molecule has 4 nitrogen and oxygen atoms in total.